The van der Waals surface area contributed by atoms with Crippen LogP contribution in [0.1, 0.15) is 47.4 Å². The first-order valence-corrected chi connectivity index (χ1v) is 8.46. The molecule has 0 atom stereocenters. The van der Waals surface area contributed by atoms with Crippen molar-refractivity contribution >= 4 is 29.1 Å². The maximum Gasteiger partial charge on any atom is 0.268 e. The maximum absolute atomic E-state index is 12.9. The first-order valence-electron chi connectivity index (χ1n) is 8.46. The van der Waals surface area contributed by atoms with Gasteiger partial charge in [-0.3, -0.25) is 14.4 Å². The van der Waals surface area contributed by atoms with Crippen LogP contribution >= 0.6 is 0 Å². The monoisotopic (exact) mass is 336 g/mol. The molecule has 0 aromatic heterocycles. The molecule has 2 aromatic rings. The van der Waals surface area contributed by atoms with Crippen LogP contribution in [0.2, 0.25) is 0 Å². The number of nitrogens with one attached hydrogen (secondary N) is 1. The molecule has 0 unspecified atom stereocenters. The molecule has 5 heteroatoms. The highest BCUT2D eigenvalue weighted by Gasteiger charge is 2.38. The number of carbonyl (C=O) groups is 3. The van der Waals surface area contributed by atoms with Crippen LogP contribution in [0.5, 0.6) is 0 Å². The van der Waals surface area contributed by atoms with E-state index < -0.39 is 5.91 Å². The van der Waals surface area contributed by atoms with Crippen molar-refractivity contribution in [2.24, 2.45) is 5.92 Å². The number of para-hydroxylation sites is 1. The van der Waals surface area contributed by atoms with Gasteiger partial charge in [-0.05, 0) is 37.1 Å². The van der Waals surface area contributed by atoms with E-state index in [1.165, 1.54) is 0 Å². The number of anilines is 2. The number of benzene rings is 2. The Morgan fingerprint density at radius 1 is 0.960 bits per heavy atom. The molecule has 3 rings (SSSR count). The average molecular weight is 336 g/mol. The molecule has 1 aliphatic heterocycles. The van der Waals surface area contributed by atoms with E-state index in [1.54, 1.807) is 42.5 Å². The van der Waals surface area contributed by atoms with Gasteiger partial charge >= 0.3 is 0 Å². The second-order valence-corrected chi connectivity index (χ2v) is 6.01. The number of fused-ring (bicyclic) bond motifs is 1. The minimum atomic E-state index is -0.411. The Hall–Kier alpha value is -2.95. The van der Waals surface area contributed by atoms with Gasteiger partial charge in [0, 0.05) is 5.92 Å². The normalized spacial score (nSPS) is 13.3. The number of rotatable bonds is 5. The quantitative estimate of drug-likeness (QED) is 0.843. The zero-order valence-electron chi connectivity index (χ0n) is 14.3. The lowest BCUT2D eigenvalue weighted by molar-refractivity contribution is -0.120. The molecular formula is C20H20N2O3. The highest BCUT2D eigenvalue weighted by molar-refractivity contribution is 6.36. The third-order valence-corrected chi connectivity index (χ3v) is 4.54. The first-order chi connectivity index (χ1) is 12.1. The van der Waals surface area contributed by atoms with Gasteiger partial charge in [0.15, 0.2) is 0 Å². The van der Waals surface area contributed by atoms with Gasteiger partial charge in [-0.1, -0.05) is 38.1 Å². The van der Waals surface area contributed by atoms with Gasteiger partial charge in [0.05, 0.1) is 22.5 Å². The summed E-state index contributed by atoms with van der Waals surface area (Å²) in [5, 5.41) is 2.83. The molecule has 0 saturated carbocycles. The first kappa shape index (κ1) is 16.9. The molecule has 1 heterocycles. The van der Waals surface area contributed by atoms with E-state index in [-0.39, 0.29) is 23.3 Å². The van der Waals surface area contributed by atoms with Crippen LogP contribution in [-0.4, -0.2) is 17.7 Å². The van der Waals surface area contributed by atoms with Crippen molar-refractivity contribution in [3.8, 4) is 0 Å². The minimum absolute atomic E-state index is 0.117. The molecule has 1 N–H and O–H groups in total. The van der Waals surface area contributed by atoms with Crippen LogP contribution < -0.4 is 10.2 Å². The smallest absolute Gasteiger partial charge is 0.268 e. The molecule has 0 fully saturated rings. The lowest BCUT2D eigenvalue weighted by atomic mass is 10.0. The van der Waals surface area contributed by atoms with Crippen molar-refractivity contribution in [2.45, 2.75) is 26.7 Å². The molecule has 0 aliphatic carbocycles. The van der Waals surface area contributed by atoms with E-state index in [0.717, 1.165) is 17.7 Å². The molecule has 2 aromatic carbocycles. The molecule has 128 valence electrons. The molecule has 0 saturated heterocycles. The highest BCUT2D eigenvalue weighted by Crippen LogP contribution is 2.33. The summed E-state index contributed by atoms with van der Waals surface area (Å²) in [5.74, 6) is -1.03. The minimum Gasteiger partial charge on any atom is -0.325 e. The van der Waals surface area contributed by atoms with Gasteiger partial charge in [-0.25, -0.2) is 4.90 Å². The molecule has 1 aliphatic rings. The Kier molecular flexibility index (Phi) is 4.65. The van der Waals surface area contributed by atoms with Crippen LogP contribution in [0.15, 0.2) is 48.5 Å². The SMILES string of the molecule is CCC(CC)C(=O)Nc1cccc2c1C(=O)N(c1ccccc1)C2=O. The fourth-order valence-electron chi connectivity index (χ4n) is 3.10. The van der Waals surface area contributed by atoms with Crippen LogP contribution in [0.3, 0.4) is 0 Å². The summed E-state index contributed by atoms with van der Waals surface area (Å²) in [6.45, 7) is 3.91. The number of nitrogens with zero attached hydrogens (tertiary/aromatic N) is 1. The number of imide groups is 1. The molecule has 0 spiro atoms. The lowest BCUT2D eigenvalue weighted by Gasteiger charge is -2.15. The van der Waals surface area contributed by atoms with Crippen molar-refractivity contribution in [2.75, 3.05) is 10.2 Å². The van der Waals surface area contributed by atoms with Crippen LogP contribution in [-0.2, 0) is 4.79 Å². The summed E-state index contributed by atoms with van der Waals surface area (Å²) in [4.78, 5) is 39.1. The van der Waals surface area contributed by atoms with Crippen molar-refractivity contribution in [3.05, 3.63) is 59.7 Å². The number of hydrogen-bond donors (Lipinski definition) is 1. The summed E-state index contributed by atoms with van der Waals surface area (Å²) in [7, 11) is 0. The van der Waals surface area contributed by atoms with E-state index >= 15 is 0 Å². The predicted octanol–water partition coefficient (Wildman–Crippen LogP) is 3.86. The van der Waals surface area contributed by atoms with Crippen LogP contribution in [0.25, 0.3) is 0 Å². The molecule has 5 nitrogen and oxygen atoms in total. The van der Waals surface area contributed by atoms with Crippen molar-refractivity contribution in [3.63, 3.8) is 0 Å². The van der Waals surface area contributed by atoms with Gasteiger partial charge < -0.3 is 5.32 Å². The zero-order chi connectivity index (χ0) is 18.0. The lowest BCUT2D eigenvalue weighted by Crippen LogP contribution is -2.29. The maximum atomic E-state index is 12.9. The van der Waals surface area contributed by atoms with Crippen molar-refractivity contribution in [1.82, 2.24) is 0 Å². The van der Waals surface area contributed by atoms with Gasteiger partial charge in [-0.2, -0.15) is 0 Å². The van der Waals surface area contributed by atoms with Gasteiger partial charge in [-0.15, -0.1) is 0 Å². The number of amides is 3. The fourth-order valence-corrected chi connectivity index (χ4v) is 3.10. The molecule has 0 bridgehead atoms. The van der Waals surface area contributed by atoms with E-state index in [1.807, 2.05) is 19.9 Å². The third-order valence-electron chi connectivity index (χ3n) is 4.54. The summed E-state index contributed by atoms with van der Waals surface area (Å²) >= 11 is 0. The predicted molar refractivity (Wildman–Crippen MR) is 96.7 cm³/mol. The Labute approximate surface area is 146 Å². The van der Waals surface area contributed by atoms with Crippen molar-refractivity contribution in [1.29, 1.82) is 0 Å². The van der Waals surface area contributed by atoms with Gasteiger partial charge in [0.1, 0.15) is 0 Å². The number of hydrogen-bond acceptors (Lipinski definition) is 3. The van der Waals surface area contributed by atoms with Gasteiger partial charge in [0.25, 0.3) is 11.8 Å². The zero-order valence-corrected chi connectivity index (χ0v) is 14.3. The van der Waals surface area contributed by atoms with Crippen LogP contribution in [0, 0.1) is 5.92 Å². The summed E-state index contributed by atoms with van der Waals surface area (Å²) in [6, 6.07) is 13.8. The van der Waals surface area contributed by atoms with Crippen molar-refractivity contribution < 1.29 is 14.4 Å². The molecule has 0 radical (unpaired) electrons. The summed E-state index contributed by atoms with van der Waals surface area (Å²) in [5.41, 5.74) is 1.49. The largest absolute Gasteiger partial charge is 0.325 e. The second kappa shape index (κ2) is 6.89. The molecular weight excluding hydrogens is 316 g/mol. The van der Waals surface area contributed by atoms with E-state index in [2.05, 4.69) is 5.32 Å². The topological polar surface area (TPSA) is 66.5 Å². The number of carbonyl (C=O) groups excluding carboxylic acids is 3. The van der Waals surface area contributed by atoms with E-state index in [9.17, 15) is 14.4 Å². The summed E-state index contributed by atoms with van der Waals surface area (Å²) < 4.78 is 0. The van der Waals surface area contributed by atoms with Crippen LogP contribution in [0.4, 0.5) is 11.4 Å². The Morgan fingerprint density at radius 2 is 1.64 bits per heavy atom. The van der Waals surface area contributed by atoms with Gasteiger partial charge in [0.2, 0.25) is 5.91 Å². The third kappa shape index (κ3) is 2.93. The molecule has 3 amide bonds. The summed E-state index contributed by atoms with van der Waals surface area (Å²) in [6.07, 6.45) is 1.45. The second-order valence-electron chi connectivity index (χ2n) is 6.01. The Bertz CT molecular complexity index is 826. The standard InChI is InChI=1S/C20H20N2O3/c1-3-13(4-2)18(23)21-16-12-8-11-15-17(16)20(25)22(19(15)24)14-9-6-5-7-10-14/h5-13H,3-4H2,1-2H3,(H,21,23). The molecule has 25 heavy (non-hydrogen) atoms. The Morgan fingerprint density at radius 3 is 2.28 bits per heavy atom. The average Bonchev–Trinajstić information content (AvgIpc) is 2.88. The van der Waals surface area contributed by atoms with E-state index in [0.29, 0.717) is 16.9 Å². The Balaban J connectivity index is 1.97. The van der Waals surface area contributed by atoms with E-state index in [4.69, 9.17) is 0 Å². The highest BCUT2D eigenvalue weighted by atomic mass is 16.2. The fraction of sp³-hybridized carbons (Fsp3) is 0.250.